The molecule has 0 fully saturated rings. The Balaban J connectivity index is 2.44. The van der Waals surface area contributed by atoms with Crippen molar-refractivity contribution in [1.82, 2.24) is 4.90 Å². The average Bonchev–Trinajstić information content (AvgIpc) is 3.33. The zero-order valence-corrected chi connectivity index (χ0v) is 44.6. The number of rotatable bonds is 20. The second kappa shape index (κ2) is 33.0. The molecule has 0 saturated carbocycles. The van der Waals surface area contributed by atoms with Gasteiger partial charge < -0.3 is 47.5 Å². The van der Waals surface area contributed by atoms with E-state index in [1.807, 2.05) is 51.2 Å². The van der Waals surface area contributed by atoms with Gasteiger partial charge in [-0.1, -0.05) is 95.2 Å². The Labute approximate surface area is 415 Å². The minimum Gasteiger partial charge on any atom is -0.459 e. The molecule has 1 amide bonds. The lowest BCUT2D eigenvalue weighted by Gasteiger charge is -2.34. The number of cyclic esters (lactones) is 1. The van der Waals surface area contributed by atoms with Crippen LogP contribution in [-0.2, 0) is 61.8 Å². The number of hydrogen-bond acceptors (Lipinski definition) is 13. The van der Waals surface area contributed by atoms with Gasteiger partial charge in [-0.2, -0.15) is 0 Å². The van der Waals surface area contributed by atoms with Crippen molar-refractivity contribution < 1.29 is 61.8 Å². The highest BCUT2D eigenvalue weighted by atomic mass is 16.6. The van der Waals surface area contributed by atoms with Gasteiger partial charge in [-0.3, -0.25) is 9.59 Å². The van der Waals surface area contributed by atoms with Crippen molar-refractivity contribution in [2.75, 3.05) is 56.8 Å². The summed E-state index contributed by atoms with van der Waals surface area (Å²) in [5.74, 6) is -1.43. The smallest absolute Gasteiger partial charge is 0.331 e. The molecule has 0 radical (unpaired) electrons. The van der Waals surface area contributed by atoms with E-state index < -0.39 is 12.1 Å². The SMILES string of the molecule is COC1CC2=CC(=O)O[C@H](C2)[C@H](C)[C@@H](OC)C[C@H](OC)/C=C/[C@H](C)[C@@H](OC)C[C@@H](OC)/C=C/[C@H](C)[C@@H](C[C@@H](C)[C@@H](OC)[C@@H](C)CCC(=O)[C@H](C)[C@@H](C/C=C/N(C)C=O)OC)OC(=O)/C=C/C=C(\C)C1. The fourth-order valence-electron chi connectivity index (χ4n) is 9.45. The van der Waals surface area contributed by atoms with E-state index in [1.54, 1.807) is 75.2 Å². The minimum atomic E-state index is -0.517. The standard InChI is InChI=1S/C55H89NO13/c1-36-18-16-20-53(59)68-50(29-40(5)55(67-15)39(4)23-26-47(58)41(6)48(64-12)19-17-27-56(8)35-57)38(3)22-25-44(61-9)33-49(65-13)37(2)21-24-45(62-10)34-51(66-14)42(7)52-31-43(32-54(60)69-52)30-46(28-36)63-11/h16-18,20-22,24-25,27,32,35,37-42,44-46,48-52,55H,19,23,26,28-31,33-34H2,1-15H3/b20-16+,24-21+,25-22+,27-17+,36-18+/t37-,38-,39-,40+,41-,42+,44-,45+,46?,48+,49-,50+,51-,52+,55-/m0/s1. The van der Waals surface area contributed by atoms with Gasteiger partial charge in [-0.15, -0.1) is 0 Å². The molecule has 1 unspecified atom stereocenters. The first-order valence-corrected chi connectivity index (χ1v) is 24.8. The number of Topliss-reactive ketones (excluding diaryl/α,β-unsaturated/α-hetero) is 1. The number of esters is 2. The molecule has 2 rings (SSSR count). The van der Waals surface area contributed by atoms with Gasteiger partial charge >= 0.3 is 11.9 Å². The maximum atomic E-state index is 13.6. The molecule has 69 heavy (non-hydrogen) atoms. The second-order valence-corrected chi connectivity index (χ2v) is 19.4. The van der Waals surface area contributed by atoms with Crippen molar-refractivity contribution in [3.05, 3.63) is 72.0 Å². The largest absolute Gasteiger partial charge is 0.459 e. The van der Waals surface area contributed by atoms with Crippen LogP contribution in [0.3, 0.4) is 0 Å². The summed E-state index contributed by atoms with van der Waals surface area (Å²) in [7, 11) is 13.3. The van der Waals surface area contributed by atoms with E-state index in [-0.39, 0.29) is 96.1 Å². The molecule has 14 heteroatoms. The molecule has 2 heterocycles. The van der Waals surface area contributed by atoms with Crippen molar-refractivity contribution in [3.63, 3.8) is 0 Å². The number of amides is 1. The van der Waals surface area contributed by atoms with E-state index in [2.05, 4.69) is 33.8 Å². The minimum absolute atomic E-state index is 0.000556. The molecule has 2 aliphatic heterocycles. The summed E-state index contributed by atoms with van der Waals surface area (Å²) >= 11 is 0. The zero-order chi connectivity index (χ0) is 51.6. The lowest BCUT2D eigenvalue weighted by molar-refractivity contribution is -0.150. The summed E-state index contributed by atoms with van der Waals surface area (Å²) in [6.07, 6.45) is 21.2. The normalized spacial score (nSPS) is 31.6. The lowest BCUT2D eigenvalue weighted by atomic mass is 9.83. The molecule has 15 atom stereocenters. The van der Waals surface area contributed by atoms with E-state index in [4.69, 9.17) is 42.6 Å². The summed E-state index contributed by atoms with van der Waals surface area (Å²) in [5, 5.41) is 0. The Morgan fingerprint density at radius 2 is 1.42 bits per heavy atom. The fraction of sp³-hybridized carbons (Fsp3) is 0.709. The van der Waals surface area contributed by atoms with E-state index in [0.29, 0.717) is 64.2 Å². The number of carbonyl (C=O) groups is 4. The van der Waals surface area contributed by atoms with Crippen molar-refractivity contribution in [2.45, 2.75) is 161 Å². The van der Waals surface area contributed by atoms with Gasteiger partial charge in [0.05, 0.1) is 42.7 Å². The van der Waals surface area contributed by atoms with E-state index >= 15 is 0 Å². The summed E-state index contributed by atoms with van der Waals surface area (Å²) in [6.45, 7) is 14.2. The van der Waals surface area contributed by atoms with Crippen LogP contribution in [0, 0.1) is 35.5 Å². The molecule has 0 spiro atoms. The maximum Gasteiger partial charge on any atom is 0.331 e. The molecule has 0 aromatic heterocycles. The third-order valence-electron chi connectivity index (χ3n) is 14.1. The lowest BCUT2D eigenvalue weighted by Crippen LogP contribution is -2.38. The second-order valence-electron chi connectivity index (χ2n) is 19.4. The van der Waals surface area contributed by atoms with Crippen molar-refractivity contribution in [1.29, 1.82) is 0 Å². The molecule has 0 aliphatic carbocycles. The molecule has 0 aromatic rings. The molecule has 0 aromatic carbocycles. The van der Waals surface area contributed by atoms with E-state index in [1.165, 1.54) is 11.0 Å². The summed E-state index contributed by atoms with van der Waals surface area (Å²) < 4.78 is 53.7. The first-order valence-electron chi connectivity index (χ1n) is 24.8. The number of methoxy groups -OCH3 is 7. The van der Waals surface area contributed by atoms with Crippen LogP contribution in [0.15, 0.2) is 72.0 Å². The highest BCUT2D eigenvalue weighted by molar-refractivity contribution is 5.84. The van der Waals surface area contributed by atoms with Crippen LogP contribution in [0.25, 0.3) is 0 Å². The van der Waals surface area contributed by atoms with Crippen LogP contribution in [0.2, 0.25) is 0 Å². The third-order valence-corrected chi connectivity index (χ3v) is 14.1. The predicted molar refractivity (Wildman–Crippen MR) is 269 cm³/mol. The Morgan fingerprint density at radius 1 is 0.783 bits per heavy atom. The van der Waals surface area contributed by atoms with Crippen LogP contribution in [0.1, 0.15) is 106 Å². The Kier molecular flexibility index (Phi) is 29.3. The summed E-state index contributed by atoms with van der Waals surface area (Å²) in [4.78, 5) is 52.3. The van der Waals surface area contributed by atoms with Crippen molar-refractivity contribution >= 4 is 24.1 Å². The first-order chi connectivity index (χ1) is 32.9. The number of nitrogens with zero attached hydrogens (tertiary/aromatic N) is 1. The molecular formula is C55H89NO13. The number of allylic oxidation sites excluding steroid dienone is 2. The monoisotopic (exact) mass is 972 g/mol. The predicted octanol–water partition coefficient (Wildman–Crippen LogP) is 8.98. The van der Waals surface area contributed by atoms with Gasteiger partial charge in [0, 0.05) is 125 Å². The van der Waals surface area contributed by atoms with Gasteiger partial charge in [0.1, 0.15) is 18.0 Å². The molecule has 2 aliphatic rings. The molecule has 14 nitrogen and oxygen atoms in total. The van der Waals surface area contributed by atoms with Gasteiger partial charge in [0.15, 0.2) is 0 Å². The van der Waals surface area contributed by atoms with Crippen LogP contribution < -0.4 is 0 Å². The molecule has 2 bridgehead atoms. The number of ketones is 1. The van der Waals surface area contributed by atoms with Crippen LogP contribution in [0.4, 0.5) is 0 Å². The summed E-state index contributed by atoms with van der Waals surface area (Å²) in [6, 6.07) is 0. The molecule has 392 valence electrons. The molecule has 0 N–H and O–H groups in total. The van der Waals surface area contributed by atoms with Crippen LogP contribution in [0.5, 0.6) is 0 Å². The Hall–Kier alpha value is -3.76. The van der Waals surface area contributed by atoms with Crippen LogP contribution in [-0.4, -0.2) is 141 Å². The quantitative estimate of drug-likeness (QED) is 0.0648. The van der Waals surface area contributed by atoms with Crippen molar-refractivity contribution in [2.24, 2.45) is 35.5 Å². The Bertz CT molecular complexity index is 1720. The highest BCUT2D eigenvalue weighted by Gasteiger charge is 2.35. The van der Waals surface area contributed by atoms with E-state index in [9.17, 15) is 19.2 Å². The van der Waals surface area contributed by atoms with Gasteiger partial charge in [0.25, 0.3) is 0 Å². The third kappa shape index (κ3) is 21.6. The number of fused-ring (bicyclic) bond motifs is 2. The first kappa shape index (κ1) is 61.4. The maximum absolute atomic E-state index is 13.6. The Morgan fingerprint density at radius 3 is 2.00 bits per heavy atom. The number of ether oxygens (including phenoxy) is 9. The summed E-state index contributed by atoms with van der Waals surface area (Å²) in [5.41, 5.74) is 1.94. The van der Waals surface area contributed by atoms with Gasteiger partial charge in [-0.25, -0.2) is 9.59 Å². The number of hydrogen-bond donors (Lipinski definition) is 0. The number of carbonyl (C=O) groups excluding carboxylic acids is 4. The fourth-order valence-corrected chi connectivity index (χ4v) is 9.45. The van der Waals surface area contributed by atoms with Gasteiger partial charge in [-0.05, 0) is 50.9 Å². The highest BCUT2D eigenvalue weighted by Crippen LogP contribution is 2.32. The van der Waals surface area contributed by atoms with Crippen LogP contribution >= 0.6 is 0 Å². The van der Waals surface area contributed by atoms with Gasteiger partial charge in [0.2, 0.25) is 6.41 Å². The molecule has 0 saturated heterocycles. The topological polar surface area (TPSA) is 155 Å². The average molecular weight is 972 g/mol. The zero-order valence-electron chi connectivity index (χ0n) is 44.6. The van der Waals surface area contributed by atoms with Crippen molar-refractivity contribution in [3.8, 4) is 0 Å². The van der Waals surface area contributed by atoms with E-state index in [0.717, 1.165) is 11.1 Å². The molecular weight excluding hydrogens is 883 g/mol.